The maximum Gasteiger partial charge on any atom is 0.253 e. The van der Waals surface area contributed by atoms with Gasteiger partial charge in [0.15, 0.2) is 0 Å². The first-order valence-corrected chi connectivity index (χ1v) is 5.49. The molecule has 1 aromatic rings. The molecule has 2 nitrogen and oxygen atoms in total. The summed E-state index contributed by atoms with van der Waals surface area (Å²) in [6.45, 7) is 2.77. The highest BCUT2D eigenvalue weighted by molar-refractivity contribution is 9.10. The molecule has 0 saturated carbocycles. The summed E-state index contributed by atoms with van der Waals surface area (Å²) in [6, 6.07) is 0. The molecule has 66 valence electrons. The van der Waals surface area contributed by atoms with Gasteiger partial charge in [-0.3, -0.25) is 4.79 Å². The Bertz CT molecular complexity index is 272. The molecule has 0 saturated heterocycles. The van der Waals surface area contributed by atoms with Crippen LogP contribution in [-0.2, 0) is 0 Å². The summed E-state index contributed by atoms with van der Waals surface area (Å²) in [5.74, 6) is 0.00461. The average Bonchev–Trinajstić information content (AvgIpc) is 2.47. The van der Waals surface area contributed by atoms with E-state index in [9.17, 15) is 4.79 Å². The third-order valence-electron chi connectivity index (χ3n) is 1.39. The van der Waals surface area contributed by atoms with Crippen LogP contribution in [0.25, 0.3) is 0 Å². The predicted molar refractivity (Wildman–Crippen MR) is 54.6 cm³/mol. The first-order chi connectivity index (χ1) is 5.75. The summed E-state index contributed by atoms with van der Waals surface area (Å²) in [5.41, 5.74) is 0.730. The van der Waals surface area contributed by atoms with Gasteiger partial charge < -0.3 is 5.32 Å². The molecule has 1 N–H and O–H groups in total. The zero-order valence-corrected chi connectivity index (χ0v) is 9.17. The highest BCUT2D eigenvalue weighted by Gasteiger charge is 2.08. The van der Waals surface area contributed by atoms with Crippen molar-refractivity contribution in [1.82, 2.24) is 5.32 Å². The van der Waals surface area contributed by atoms with E-state index in [2.05, 4.69) is 21.2 Å². The molecule has 1 heterocycles. The van der Waals surface area contributed by atoms with Crippen molar-refractivity contribution in [2.24, 2.45) is 0 Å². The van der Waals surface area contributed by atoms with E-state index in [1.165, 1.54) is 11.3 Å². The minimum absolute atomic E-state index is 0.00461. The number of nitrogens with one attached hydrogen (secondary N) is 1. The van der Waals surface area contributed by atoms with Gasteiger partial charge in [0, 0.05) is 21.8 Å². The van der Waals surface area contributed by atoms with Gasteiger partial charge in [0.2, 0.25) is 0 Å². The summed E-state index contributed by atoms with van der Waals surface area (Å²) in [6.07, 6.45) is 0.966. The van der Waals surface area contributed by atoms with Gasteiger partial charge in [-0.1, -0.05) is 6.92 Å². The number of hydrogen-bond acceptors (Lipinski definition) is 2. The molecular weight excluding hydrogens is 238 g/mol. The van der Waals surface area contributed by atoms with Crippen molar-refractivity contribution < 1.29 is 4.79 Å². The molecule has 0 aliphatic heterocycles. The number of carbonyl (C=O) groups excluding carboxylic acids is 1. The Hall–Kier alpha value is -0.350. The van der Waals surface area contributed by atoms with Crippen LogP contribution in [0.1, 0.15) is 23.7 Å². The quantitative estimate of drug-likeness (QED) is 0.875. The highest BCUT2D eigenvalue weighted by Crippen LogP contribution is 2.20. The molecule has 0 aromatic carbocycles. The number of carbonyl (C=O) groups is 1. The highest BCUT2D eigenvalue weighted by atomic mass is 79.9. The van der Waals surface area contributed by atoms with Crippen molar-refractivity contribution in [3.05, 3.63) is 20.8 Å². The third-order valence-corrected chi connectivity index (χ3v) is 3.10. The van der Waals surface area contributed by atoms with Crippen LogP contribution >= 0.6 is 27.3 Å². The Morgan fingerprint density at radius 3 is 2.92 bits per heavy atom. The lowest BCUT2D eigenvalue weighted by Gasteiger charge is -2.00. The van der Waals surface area contributed by atoms with Gasteiger partial charge >= 0.3 is 0 Å². The average molecular weight is 248 g/mol. The largest absolute Gasteiger partial charge is 0.352 e. The van der Waals surface area contributed by atoms with Gasteiger partial charge in [-0.05, 0) is 22.4 Å². The zero-order valence-electron chi connectivity index (χ0n) is 6.76. The fourth-order valence-corrected chi connectivity index (χ4v) is 2.23. The first kappa shape index (κ1) is 9.74. The normalized spacial score (nSPS) is 9.83. The molecule has 4 heteroatoms. The van der Waals surface area contributed by atoms with Crippen LogP contribution in [-0.4, -0.2) is 12.5 Å². The van der Waals surface area contributed by atoms with Crippen LogP contribution < -0.4 is 5.32 Å². The maximum atomic E-state index is 11.4. The Labute approximate surface area is 84.1 Å². The first-order valence-electron chi connectivity index (χ1n) is 3.75. The second-order valence-electron chi connectivity index (χ2n) is 2.39. The van der Waals surface area contributed by atoms with Crippen LogP contribution in [0.5, 0.6) is 0 Å². The summed E-state index contributed by atoms with van der Waals surface area (Å²) in [4.78, 5) is 11.4. The molecule has 0 aliphatic carbocycles. The second kappa shape index (κ2) is 4.62. The molecule has 0 bridgehead atoms. The minimum atomic E-state index is 0.00461. The zero-order chi connectivity index (χ0) is 8.97. The summed E-state index contributed by atoms with van der Waals surface area (Å²) < 4.78 is 0.876. The molecule has 0 atom stereocenters. The van der Waals surface area contributed by atoms with Crippen LogP contribution in [0.3, 0.4) is 0 Å². The van der Waals surface area contributed by atoms with E-state index < -0.39 is 0 Å². The van der Waals surface area contributed by atoms with Gasteiger partial charge in [-0.25, -0.2) is 0 Å². The molecule has 0 unspecified atom stereocenters. The third kappa shape index (κ3) is 2.32. The van der Waals surface area contributed by atoms with Crippen molar-refractivity contribution in [2.75, 3.05) is 6.54 Å². The van der Waals surface area contributed by atoms with E-state index in [0.717, 1.165) is 23.0 Å². The molecule has 0 radical (unpaired) electrons. The van der Waals surface area contributed by atoms with Crippen molar-refractivity contribution in [2.45, 2.75) is 13.3 Å². The second-order valence-corrected chi connectivity index (χ2v) is 3.99. The molecule has 12 heavy (non-hydrogen) atoms. The van der Waals surface area contributed by atoms with E-state index in [4.69, 9.17) is 0 Å². The molecular formula is C8H10BrNOS. The van der Waals surface area contributed by atoms with Crippen molar-refractivity contribution in [1.29, 1.82) is 0 Å². The van der Waals surface area contributed by atoms with E-state index in [0.29, 0.717) is 0 Å². The monoisotopic (exact) mass is 247 g/mol. The van der Waals surface area contributed by atoms with Crippen molar-refractivity contribution in [3.63, 3.8) is 0 Å². The van der Waals surface area contributed by atoms with Gasteiger partial charge in [-0.15, -0.1) is 0 Å². The van der Waals surface area contributed by atoms with Crippen LogP contribution in [0.15, 0.2) is 15.2 Å². The topological polar surface area (TPSA) is 29.1 Å². The predicted octanol–water partition coefficient (Wildman–Crippen LogP) is 2.65. The van der Waals surface area contributed by atoms with E-state index >= 15 is 0 Å². The van der Waals surface area contributed by atoms with Gasteiger partial charge in [0.1, 0.15) is 0 Å². The standard InChI is InChI=1S/C8H10BrNOS/c1-2-3-10-8(11)6-4-12-5-7(6)9/h4-5H,2-3H2,1H3,(H,10,11). The van der Waals surface area contributed by atoms with Crippen molar-refractivity contribution in [3.8, 4) is 0 Å². The van der Waals surface area contributed by atoms with Crippen molar-refractivity contribution >= 4 is 33.2 Å². The Balaban J connectivity index is 2.59. The lowest BCUT2D eigenvalue weighted by Crippen LogP contribution is -2.23. The Kier molecular flexibility index (Phi) is 3.75. The minimum Gasteiger partial charge on any atom is -0.352 e. The molecule has 1 amide bonds. The molecule has 0 aliphatic rings. The van der Waals surface area contributed by atoms with Gasteiger partial charge in [-0.2, -0.15) is 11.3 Å². The Morgan fingerprint density at radius 1 is 1.67 bits per heavy atom. The smallest absolute Gasteiger partial charge is 0.253 e. The number of rotatable bonds is 3. The molecule has 1 aromatic heterocycles. The lowest BCUT2D eigenvalue weighted by atomic mass is 10.3. The van der Waals surface area contributed by atoms with Gasteiger partial charge in [0.05, 0.1) is 5.56 Å². The molecule has 0 fully saturated rings. The Morgan fingerprint density at radius 2 is 2.42 bits per heavy atom. The van der Waals surface area contributed by atoms with Crippen LogP contribution in [0, 0.1) is 0 Å². The van der Waals surface area contributed by atoms with Crippen LogP contribution in [0.2, 0.25) is 0 Å². The van der Waals surface area contributed by atoms with E-state index in [1.54, 1.807) is 0 Å². The SMILES string of the molecule is CCCNC(=O)c1cscc1Br. The molecule has 1 rings (SSSR count). The van der Waals surface area contributed by atoms with E-state index in [1.807, 2.05) is 17.7 Å². The molecule has 0 spiro atoms. The maximum absolute atomic E-state index is 11.4. The lowest BCUT2D eigenvalue weighted by molar-refractivity contribution is 0.0953. The number of hydrogen-bond donors (Lipinski definition) is 1. The fourth-order valence-electron chi connectivity index (χ4n) is 0.777. The number of thiophene rings is 1. The number of amides is 1. The van der Waals surface area contributed by atoms with Crippen LogP contribution in [0.4, 0.5) is 0 Å². The number of halogens is 1. The summed E-state index contributed by atoms with van der Waals surface area (Å²) in [7, 11) is 0. The summed E-state index contributed by atoms with van der Waals surface area (Å²) >= 11 is 4.83. The van der Waals surface area contributed by atoms with Gasteiger partial charge in [0.25, 0.3) is 5.91 Å². The van der Waals surface area contributed by atoms with E-state index in [-0.39, 0.29) is 5.91 Å². The summed E-state index contributed by atoms with van der Waals surface area (Å²) in [5, 5.41) is 6.56. The fraction of sp³-hybridized carbons (Fsp3) is 0.375.